The summed E-state index contributed by atoms with van der Waals surface area (Å²) in [5, 5.41) is 10.1. The first-order valence-electron chi connectivity index (χ1n) is 5.88. The smallest absolute Gasteiger partial charge is 0.257 e. The highest BCUT2D eigenvalue weighted by Crippen LogP contribution is 2.23. The molecule has 0 atom stereocenters. The van der Waals surface area contributed by atoms with E-state index < -0.39 is 0 Å². The summed E-state index contributed by atoms with van der Waals surface area (Å²) in [4.78, 5) is 13.9. The van der Waals surface area contributed by atoms with Crippen LogP contribution in [0.4, 0.5) is 0 Å². The number of hydrogen-bond acceptors (Lipinski definition) is 2. The first-order valence-corrected chi connectivity index (χ1v) is 6.25. The van der Waals surface area contributed by atoms with Crippen molar-refractivity contribution in [2.75, 3.05) is 13.1 Å². The molecule has 4 heteroatoms. The average Bonchev–Trinajstić information content (AvgIpc) is 2.28. The van der Waals surface area contributed by atoms with Gasteiger partial charge in [0.05, 0.1) is 5.56 Å². The summed E-state index contributed by atoms with van der Waals surface area (Å²) < 4.78 is 0. The van der Waals surface area contributed by atoms with Crippen molar-refractivity contribution in [1.29, 1.82) is 0 Å². The fraction of sp³-hybridized carbons (Fsp3) is 0.462. The lowest BCUT2D eigenvalue weighted by molar-refractivity contribution is 0.0752. The predicted molar refractivity (Wildman–Crippen MR) is 69.6 cm³/mol. The topological polar surface area (TPSA) is 40.5 Å². The molecule has 1 amide bonds. The number of halogens is 1. The minimum absolute atomic E-state index is 0.0558. The van der Waals surface area contributed by atoms with Crippen molar-refractivity contribution >= 4 is 17.5 Å². The van der Waals surface area contributed by atoms with Gasteiger partial charge >= 0.3 is 0 Å². The summed E-state index contributed by atoms with van der Waals surface area (Å²) in [6.07, 6.45) is 1.81. The minimum atomic E-state index is -0.136. The number of phenols is 1. The van der Waals surface area contributed by atoms with Gasteiger partial charge in [0.2, 0.25) is 0 Å². The summed E-state index contributed by atoms with van der Waals surface area (Å²) >= 11 is 5.74. The van der Waals surface area contributed by atoms with Crippen molar-refractivity contribution in [3.63, 3.8) is 0 Å². The van der Waals surface area contributed by atoms with E-state index in [1.165, 1.54) is 6.07 Å². The van der Waals surface area contributed by atoms with Crippen molar-refractivity contribution in [3.8, 4) is 5.75 Å². The van der Waals surface area contributed by atoms with E-state index in [0.29, 0.717) is 23.7 Å². The van der Waals surface area contributed by atoms with Crippen LogP contribution in [0.5, 0.6) is 5.75 Å². The average molecular weight is 256 g/mol. The van der Waals surface area contributed by atoms with E-state index in [1.54, 1.807) is 17.0 Å². The summed E-state index contributed by atoms with van der Waals surface area (Å²) in [5.74, 6) is -0.192. The molecule has 0 heterocycles. The highest BCUT2D eigenvalue weighted by Gasteiger charge is 2.17. The van der Waals surface area contributed by atoms with Gasteiger partial charge in [0.1, 0.15) is 5.75 Å². The van der Waals surface area contributed by atoms with E-state index in [9.17, 15) is 9.90 Å². The standard InChI is InChI=1S/C13H18ClNO2/c1-3-7-15(8-4-2)13(17)11-6-5-10(14)9-12(11)16/h5-6,9,16H,3-4,7-8H2,1-2H3. The molecule has 1 rings (SSSR count). The molecule has 3 nitrogen and oxygen atoms in total. The lowest BCUT2D eigenvalue weighted by Crippen LogP contribution is -2.32. The van der Waals surface area contributed by atoms with Crippen LogP contribution in [0.2, 0.25) is 5.02 Å². The molecule has 0 radical (unpaired) electrons. The van der Waals surface area contributed by atoms with Gasteiger partial charge in [-0.15, -0.1) is 0 Å². The number of aromatic hydroxyl groups is 1. The fourth-order valence-electron chi connectivity index (χ4n) is 1.71. The third-order valence-electron chi connectivity index (χ3n) is 2.46. The molecule has 1 aromatic rings. The molecule has 1 N–H and O–H groups in total. The van der Waals surface area contributed by atoms with E-state index in [-0.39, 0.29) is 11.7 Å². The number of rotatable bonds is 5. The summed E-state index contributed by atoms with van der Waals surface area (Å²) in [5.41, 5.74) is 0.316. The molecule has 0 aromatic heterocycles. The number of hydrogen-bond donors (Lipinski definition) is 1. The molecule has 17 heavy (non-hydrogen) atoms. The zero-order chi connectivity index (χ0) is 12.8. The van der Waals surface area contributed by atoms with Gasteiger partial charge in [-0.3, -0.25) is 4.79 Å². The lowest BCUT2D eigenvalue weighted by Gasteiger charge is -2.21. The Hall–Kier alpha value is -1.22. The Morgan fingerprint density at radius 1 is 1.29 bits per heavy atom. The van der Waals surface area contributed by atoms with Crippen LogP contribution in [0.3, 0.4) is 0 Å². The summed E-state index contributed by atoms with van der Waals surface area (Å²) in [7, 11) is 0. The van der Waals surface area contributed by atoms with E-state index >= 15 is 0 Å². The lowest BCUT2D eigenvalue weighted by atomic mass is 10.1. The quantitative estimate of drug-likeness (QED) is 0.877. The number of nitrogens with zero attached hydrogens (tertiary/aromatic N) is 1. The van der Waals surface area contributed by atoms with Gasteiger partial charge in [0, 0.05) is 18.1 Å². The van der Waals surface area contributed by atoms with Gasteiger partial charge in [-0.25, -0.2) is 0 Å². The van der Waals surface area contributed by atoms with Crippen LogP contribution >= 0.6 is 11.6 Å². The molecule has 0 aliphatic rings. The maximum atomic E-state index is 12.2. The molecule has 0 aliphatic carbocycles. The van der Waals surface area contributed by atoms with Crippen molar-refractivity contribution in [3.05, 3.63) is 28.8 Å². The number of phenolic OH excluding ortho intramolecular Hbond substituents is 1. The van der Waals surface area contributed by atoms with E-state index in [2.05, 4.69) is 0 Å². The highest BCUT2D eigenvalue weighted by atomic mass is 35.5. The highest BCUT2D eigenvalue weighted by molar-refractivity contribution is 6.30. The second-order valence-corrected chi connectivity index (χ2v) is 4.39. The Morgan fingerprint density at radius 2 is 1.88 bits per heavy atom. The normalized spacial score (nSPS) is 10.3. The maximum Gasteiger partial charge on any atom is 0.257 e. The van der Waals surface area contributed by atoms with Crippen LogP contribution in [0.1, 0.15) is 37.0 Å². The largest absolute Gasteiger partial charge is 0.507 e. The Kier molecular flexibility index (Phi) is 5.29. The Balaban J connectivity index is 2.92. The van der Waals surface area contributed by atoms with Crippen LogP contribution in [0.25, 0.3) is 0 Å². The third kappa shape index (κ3) is 3.63. The first-order chi connectivity index (χ1) is 8.10. The predicted octanol–water partition coefficient (Wildman–Crippen LogP) is 3.31. The maximum absolute atomic E-state index is 12.2. The van der Waals surface area contributed by atoms with Crippen molar-refractivity contribution in [2.45, 2.75) is 26.7 Å². The van der Waals surface area contributed by atoms with Crippen LogP contribution in [-0.4, -0.2) is 29.0 Å². The minimum Gasteiger partial charge on any atom is -0.507 e. The zero-order valence-electron chi connectivity index (χ0n) is 10.2. The zero-order valence-corrected chi connectivity index (χ0v) is 11.0. The Labute approximate surface area is 107 Å². The van der Waals surface area contributed by atoms with Crippen molar-refractivity contribution in [1.82, 2.24) is 4.90 Å². The number of benzene rings is 1. The second kappa shape index (κ2) is 6.50. The van der Waals surface area contributed by atoms with Crippen LogP contribution in [-0.2, 0) is 0 Å². The molecule has 0 unspecified atom stereocenters. The second-order valence-electron chi connectivity index (χ2n) is 3.95. The number of carbonyl (C=O) groups is 1. The van der Waals surface area contributed by atoms with Gasteiger partial charge < -0.3 is 10.0 Å². The van der Waals surface area contributed by atoms with Gasteiger partial charge in [-0.05, 0) is 31.0 Å². The molecule has 0 fully saturated rings. The molecule has 0 aliphatic heterocycles. The van der Waals surface area contributed by atoms with Gasteiger partial charge in [-0.2, -0.15) is 0 Å². The first kappa shape index (κ1) is 13.8. The van der Waals surface area contributed by atoms with Crippen LogP contribution in [0.15, 0.2) is 18.2 Å². The molecule has 0 saturated heterocycles. The molecule has 0 spiro atoms. The van der Waals surface area contributed by atoms with Crippen molar-refractivity contribution in [2.24, 2.45) is 0 Å². The van der Waals surface area contributed by atoms with Gasteiger partial charge in [0.25, 0.3) is 5.91 Å². The molecule has 1 aromatic carbocycles. The molecular weight excluding hydrogens is 238 g/mol. The Morgan fingerprint density at radius 3 is 2.35 bits per heavy atom. The molecule has 0 bridgehead atoms. The molecular formula is C13H18ClNO2. The SMILES string of the molecule is CCCN(CCC)C(=O)c1ccc(Cl)cc1O. The monoisotopic (exact) mass is 255 g/mol. The third-order valence-corrected chi connectivity index (χ3v) is 2.70. The summed E-state index contributed by atoms with van der Waals surface area (Å²) in [6.45, 7) is 5.46. The fourth-order valence-corrected chi connectivity index (χ4v) is 1.88. The van der Waals surface area contributed by atoms with Crippen LogP contribution in [0, 0.1) is 0 Å². The van der Waals surface area contributed by atoms with Gasteiger partial charge in [-0.1, -0.05) is 25.4 Å². The number of carbonyl (C=O) groups excluding carboxylic acids is 1. The number of amides is 1. The van der Waals surface area contributed by atoms with Gasteiger partial charge in [0.15, 0.2) is 0 Å². The Bertz CT molecular complexity index is 387. The van der Waals surface area contributed by atoms with Crippen molar-refractivity contribution < 1.29 is 9.90 Å². The molecule has 94 valence electrons. The van der Waals surface area contributed by atoms with Crippen LogP contribution < -0.4 is 0 Å². The van der Waals surface area contributed by atoms with E-state index in [4.69, 9.17) is 11.6 Å². The summed E-state index contributed by atoms with van der Waals surface area (Å²) in [6, 6.07) is 4.58. The van der Waals surface area contributed by atoms with E-state index in [1.807, 2.05) is 13.8 Å². The molecule has 0 saturated carbocycles. The van der Waals surface area contributed by atoms with E-state index in [0.717, 1.165) is 12.8 Å².